The van der Waals surface area contributed by atoms with Crippen LogP contribution in [0.1, 0.15) is 5.56 Å². The number of amides is 2. The molecule has 0 saturated carbocycles. The van der Waals surface area contributed by atoms with Crippen LogP contribution in [0.3, 0.4) is 0 Å². The lowest BCUT2D eigenvalue weighted by molar-refractivity contribution is 0.239. The maximum Gasteiger partial charge on any atom is 0.453 e. The van der Waals surface area contributed by atoms with E-state index in [1.54, 1.807) is 60.7 Å². The zero-order valence-corrected chi connectivity index (χ0v) is 17.4. The second kappa shape index (κ2) is 9.85. The molecular weight excluding hydrogens is 401 g/mol. The summed E-state index contributed by atoms with van der Waals surface area (Å²) in [4.78, 5) is 12.1. The van der Waals surface area contributed by atoms with Gasteiger partial charge in [0.25, 0.3) is 0 Å². The summed E-state index contributed by atoms with van der Waals surface area (Å²) < 4.78 is 25.8. The van der Waals surface area contributed by atoms with Crippen molar-refractivity contribution in [2.24, 2.45) is 0 Å². The van der Waals surface area contributed by atoms with Crippen molar-refractivity contribution in [3.8, 4) is 11.5 Å². The molecule has 1 unspecified atom stereocenters. The highest BCUT2D eigenvalue weighted by atomic mass is 31.2. The highest BCUT2D eigenvalue weighted by Gasteiger charge is 2.40. The highest BCUT2D eigenvalue weighted by molar-refractivity contribution is 7.55. The number of nitrogen functional groups attached to an aromatic ring is 1. The predicted octanol–water partition coefficient (Wildman–Crippen LogP) is 4.42. The molecule has 8 heteroatoms. The summed E-state index contributed by atoms with van der Waals surface area (Å²) in [6, 6.07) is 24.1. The van der Waals surface area contributed by atoms with Gasteiger partial charge in [0.2, 0.25) is 0 Å². The second-order valence-electron chi connectivity index (χ2n) is 6.53. The third-order valence-electron chi connectivity index (χ3n) is 4.27. The summed E-state index contributed by atoms with van der Waals surface area (Å²) in [7, 11) is -2.44. The van der Waals surface area contributed by atoms with Crippen molar-refractivity contribution in [2.75, 3.05) is 12.8 Å². The number of rotatable bonds is 8. The molecule has 0 bridgehead atoms. The van der Waals surface area contributed by atoms with Gasteiger partial charge in [0.1, 0.15) is 11.5 Å². The van der Waals surface area contributed by atoms with Crippen molar-refractivity contribution >= 4 is 19.3 Å². The van der Waals surface area contributed by atoms with Crippen molar-refractivity contribution < 1.29 is 18.4 Å². The van der Waals surface area contributed by atoms with Crippen LogP contribution in [-0.2, 0) is 11.0 Å². The number of urea groups is 1. The standard InChI is InChI=1S/C22H24N3O4P/c1-24-22(26)25-21(16-17-12-14-18(23)15-13-17)30(27,28-19-8-4-2-5-9-19)29-20-10-6-3-7-11-20/h2-15,21H,16,23H2,1H3,(H2,24,25,26). The zero-order valence-electron chi connectivity index (χ0n) is 16.5. The molecule has 2 amide bonds. The van der Waals surface area contributed by atoms with Crippen LogP contribution in [0.5, 0.6) is 11.5 Å². The molecule has 3 aromatic rings. The summed E-state index contributed by atoms with van der Waals surface area (Å²) in [5, 5.41) is 5.20. The molecule has 30 heavy (non-hydrogen) atoms. The summed E-state index contributed by atoms with van der Waals surface area (Å²) >= 11 is 0. The first-order chi connectivity index (χ1) is 14.5. The van der Waals surface area contributed by atoms with Crippen molar-refractivity contribution in [2.45, 2.75) is 12.2 Å². The number of nitrogens with one attached hydrogen (secondary N) is 2. The van der Waals surface area contributed by atoms with Crippen LogP contribution in [0, 0.1) is 0 Å². The van der Waals surface area contributed by atoms with E-state index in [1.165, 1.54) is 7.05 Å². The quantitative estimate of drug-likeness (QED) is 0.366. The fourth-order valence-electron chi connectivity index (χ4n) is 2.74. The van der Waals surface area contributed by atoms with E-state index in [-0.39, 0.29) is 6.42 Å². The molecule has 0 aliphatic carbocycles. The monoisotopic (exact) mass is 425 g/mol. The Morgan fingerprint density at radius 1 is 0.900 bits per heavy atom. The number of carbonyl (C=O) groups is 1. The van der Waals surface area contributed by atoms with Crippen LogP contribution in [0.2, 0.25) is 0 Å². The number of nitrogens with two attached hydrogens (primary N) is 1. The maximum atomic E-state index is 14.1. The Morgan fingerprint density at radius 2 is 1.40 bits per heavy atom. The lowest BCUT2D eigenvalue weighted by Crippen LogP contribution is -2.43. The van der Waals surface area contributed by atoms with E-state index in [0.29, 0.717) is 17.2 Å². The second-order valence-corrected chi connectivity index (χ2v) is 8.60. The summed E-state index contributed by atoms with van der Waals surface area (Å²) in [5.74, 6) is -0.211. The third-order valence-corrected chi connectivity index (χ3v) is 6.27. The lowest BCUT2D eigenvalue weighted by Gasteiger charge is -2.28. The Balaban J connectivity index is 1.98. The first-order valence-electron chi connectivity index (χ1n) is 9.40. The first-order valence-corrected chi connectivity index (χ1v) is 11.0. The average Bonchev–Trinajstić information content (AvgIpc) is 2.76. The van der Waals surface area contributed by atoms with Gasteiger partial charge < -0.3 is 25.4 Å². The van der Waals surface area contributed by atoms with E-state index in [4.69, 9.17) is 14.8 Å². The molecule has 1 atom stereocenters. The Morgan fingerprint density at radius 3 is 1.87 bits per heavy atom. The molecule has 0 aliphatic rings. The van der Waals surface area contributed by atoms with Gasteiger partial charge in [-0.1, -0.05) is 48.5 Å². The van der Waals surface area contributed by atoms with Gasteiger partial charge in [0.15, 0.2) is 5.78 Å². The Kier molecular flexibility index (Phi) is 6.99. The minimum atomic E-state index is -3.92. The molecule has 0 aliphatic heterocycles. The predicted molar refractivity (Wildman–Crippen MR) is 118 cm³/mol. The van der Waals surface area contributed by atoms with Gasteiger partial charge in [0, 0.05) is 19.2 Å². The van der Waals surface area contributed by atoms with E-state index in [2.05, 4.69) is 10.6 Å². The Hall–Kier alpha value is -3.44. The van der Waals surface area contributed by atoms with Gasteiger partial charge in [-0.05, 0) is 42.0 Å². The van der Waals surface area contributed by atoms with Crippen LogP contribution in [0.4, 0.5) is 10.5 Å². The number of hydrogen-bond acceptors (Lipinski definition) is 5. The number of carbonyl (C=O) groups excluding carboxylic acids is 1. The van der Waals surface area contributed by atoms with E-state index in [0.717, 1.165) is 5.56 Å². The first kappa shape index (κ1) is 21.3. The van der Waals surface area contributed by atoms with Gasteiger partial charge >= 0.3 is 13.6 Å². The van der Waals surface area contributed by atoms with Crippen LogP contribution in [0.15, 0.2) is 84.9 Å². The normalized spacial score (nSPS) is 11.9. The molecule has 3 rings (SSSR count). The van der Waals surface area contributed by atoms with Gasteiger partial charge in [-0.25, -0.2) is 9.36 Å². The molecule has 0 radical (unpaired) electrons. The van der Waals surface area contributed by atoms with Crippen molar-refractivity contribution in [3.05, 3.63) is 90.5 Å². The Bertz CT molecular complexity index is 952. The number of benzene rings is 3. The fourth-order valence-corrected chi connectivity index (χ4v) is 4.58. The van der Waals surface area contributed by atoms with Crippen LogP contribution in [0.25, 0.3) is 0 Å². The van der Waals surface area contributed by atoms with Crippen molar-refractivity contribution in [3.63, 3.8) is 0 Å². The summed E-state index contributed by atoms with van der Waals surface area (Å²) in [6.07, 6.45) is 0.213. The van der Waals surface area contributed by atoms with Gasteiger partial charge in [-0.3, -0.25) is 0 Å². The highest BCUT2D eigenvalue weighted by Crippen LogP contribution is 2.52. The minimum absolute atomic E-state index is 0.213. The molecule has 3 aromatic carbocycles. The molecule has 0 fully saturated rings. The van der Waals surface area contributed by atoms with Crippen molar-refractivity contribution in [1.29, 1.82) is 0 Å². The topological polar surface area (TPSA) is 103 Å². The van der Waals surface area contributed by atoms with Gasteiger partial charge in [-0.2, -0.15) is 0 Å². The van der Waals surface area contributed by atoms with Crippen LogP contribution >= 0.6 is 7.60 Å². The minimum Gasteiger partial charge on any atom is -0.415 e. The number of para-hydroxylation sites is 2. The molecule has 0 aromatic heterocycles. The average molecular weight is 425 g/mol. The van der Waals surface area contributed by atoms with Crippen molar-refractivity contribution in [1.82, 2.24) is 10.6 Å². The third kappa shape index (κ3) is 5.78. The van der Waals surface area contributed by atoms with E-state index in [9.17, 15) is 9.36 Å². The number of hydrogen-bond donors (Lipinski definition) is 3. The Labute approximate surface area is 175 Å². The number of anilines is 1. The molecule has 0 saturated heterocycles. The smallest absolute Gasteiger partial charge is 0.415 e. The fraction of sp³-hybridized carbons (Fsp3) is 0.136. The molecule has 156 valence electrons. The molecule has 7 nitrogen and oxygen atoms in total. The van der Waals surface area contributed by atoms with E-state index >= 15 is 0 Å². The van der Waals surface area contributed by atoms with Gasteiger partial charge in [-0.15, -0.1) is 0 Å². The van der Waals surface area contributed by atoms with E-state index < -0.39 is 19.4 Å². The molecule has 0 spiro atoms. The summed E-state index contributed by atoms with van der Waals surface area (Å²) in [6.45, 7) is 0. The van der Waals surface area contributed by atoms with Crippen LogP contribution in [-0.4, -0.2) is 18.9 Å². The molecule has 0 heterocycles. The SMILES string of the molecule is CNC(=O)NC(Cc1ccc(N)cc1)P(=O)(Oc1ccccc1)Oc1ccccc1. The lowest BCUT2D eigenvalue weighted by atomic mass is 10.1. The van der Waals surface area contributed by atoms with E-state index in [1.807, 2.05) is 24.3 Å². The maximum absolute atomic E-state index is 14.1. The van der Waals surface area contributed by atoms with Crippen LogP contribution < -0.4 is 25.4 Å². The molecule has 4 N–H and O–H groups in total. The largest absolute Gasteiger partial charge is 0.453 e. The summed E-state index contributed by atoms with van der Waals surface area (Å²) in [5.41, 5.74) is 7.19. The zero-order chi connectivity index (χ0) is 21.4. The van der Waals surface area contributed by atoms with Gasteiger partial charge in [0.05, 0.1) is 0 Å². The molecular formula is C22H24N3O4P.